The summed E-state index contributed by atoms with van der Waals surface area (Å²) in [4.78, 5) is 41.6. The lowest BCUT2D eigenvalue weighted by Gasteiger charge is -2.35. The van der Waals surface area contributed by atoms with Crippen LogP contribution in [0.25, 0.3) is 10.8 Å². The Labute approximate surface area is 235 Å². The largest absolute Gasteiger partial charge is 0.444 e. The van der Waals surface area contributed by atoms with Crippen molar-refractivity contribution in [2.45, 2.75) is 52.3 Å². The number of anilines is 1. The van der Waals surface area contributed by atoms with E-state index in [2.05, 4.69) is 23.3 Å². The zero-order valence-corrected chi connectivity index (χ0v) is 23.9. The Hall–Kier alpha value is -3.56. The monoisotopic (exact) mass is 551 g/mol. The van der Waals surface area contributed by atoms with Crippen LogP contribution in [0, 0.1) is 13.8 Å². The van der Waals surface area contributed by atoms with Gasteiger partial charge in [-0.3, -0.25) is 9.59 Å². The maximum atomic E-state index is 14.0. The Balaban J connectivity index is 2.02. The number of thiol groups is 1. The number of aliphatic hydroxyl groups excluding tert-OH is 1. The number of hydrogen-bond donors (Lipinski definition) is 4. The topological polar surface area (TPSA) is 108 Å². The van der Waals surface area contributed by atoms with Gasteiger partial charge >= 0.3 is 6.09 Å². The average molecular weight is 552 g/mol. The van der Waals surface area contributed by atoms with Gasteiger partial charge in [0.15, 0.2) is 0 Å². The molecule has 208 valence electrons. The number of aryl methyl sites for hydroxylation is 2. The van der Waals surface area contributed by atoms with Gasteiger partial charge < -0.3 is 25.4 Å². The zero-order valence-electron chi connectivity index (χ0n) is 23.0. The van der Waals surface area contributed by atoms with Crippen LogP contribution in [0.3, 0.4) is 0 Å². The van der Waals surface area contributed by atoms with E-state index in [1.165, 1.54) is 4.90 Å². The number of nitrogens with zero attached hydrogens (tertiary/aromatic N) is 1. The van der Waals surface area contributed by atoms with Gasteiger partial charge in [-0.25, -0.2) is 4.79 Å². The van der Waals surface area contributed by atoms with Gasteiger partial charge in [-0.15, -0.1) is 0 Å². The summed E-state index contributed by atoms with van der Waals surface area (Å²) in [5, 5.41) is 17.5. The summed E-state index contributed by atoms with van der Waals surface area (Å²) in [5.74, 6) is -1.04. The van der Waals surface area contributed by atoms with Crippen LogP contribution in [0.1, 0.15) is 43.5 Å². The second kappa shape index (κ2) is 13.0. The van der Waals surface area contributed by atoms with E-state index in [0.29, 0.717) is 11.3 Å². The van der Waals surface area contributed by atoms with Gasteiger partial charge in [0.1, 0.15) is 17.7 Å². The van der Waals surface area contributed by atoms with Crippen LogP contribution < -0.4 is 10.6 Å². The van der Waals surface area contributed by atoms with Gasteiger partial charge in [-0.2, -0.15) is 12.6 Å². The maximum Gasteiger partial charge on any atom is 0.408 e. The number of hydrogen-bond acceptors (Lipinski definition) is 6. The fourth-order valence-electron chi connectivity index (χ4n) is 4.47. The number of carbonyl (C=O) groups is 3. The number of carbonyl (C=O) groups excluding carboxylic acids is 3. The molecule has 3 rings (SSSR count). The molecule has 0 aliphatic rings. The van der Waals surface area contributed by atoms with Crippen molar-refractivity contribution in [1.82, 2.24) is 10.2 Å². The molecule has 0 radical (unpaired) electrons. The molecule has 0 heterocycles. The van der Waals surface area contributed by atoms with Crippen molar-refractivity contribution in [3.05, 3.63) is 77.4 Å². The van der Waals surface area contributed by atoms with E-state index in [-0.39, 0.29) is 18.9 Å². The summed E-state index contributed by atoms with van der Waals surface area (Å²) in [6, 6.07) is 16.8. The summed E-state index contributed by atoms with van der Waals surface area (Å²) in [7, 11) is 0. The first-order chi connectivity index (χ1) is 18.4. The van der Waals surface area contributed by atoms with Crippen molar-refractivity contribution >= 4 is 47.0 Å². The van der Waals surface area contributed by atoms with E-state index < -0.39 is 35.6 Å². The van der Waals surface area contributed by atoms with Crippen molar-refractivity contribution in [3.63, 3.8) is 0 Å². The molecular formula is C30H37N3O5S. The second-order valence-corrected chi connectivity index (χ2v) is 10.8. The zero-order chi connectivity index (χ0) is 28.7. The summed E-state index contributed by atoms with van der Waals surface area (Å²) in [6.45, 7) is 8.37. The molecule has 0 spiro atoms. The van der Waals surface area contributed by atoms with Gasteiger partial charge in [0.25, 0.3) is 5.91 Å². The fourth-order valence-corrected chi connectivity index (χ4v) is 4.72. The third kappa shape index (κ3) is 7.74. The first-order valence-corrected chi connectivity index (χ1v) is 13.5. The lowest BCUT2D eigenvalue weighted by molar-refractivity contribution is -0.140. The highest BCUT2D eigenvalue weighted by atomic mass is 32.1. The summed E-state index contributed by atoms with van der Waals surface area (Å²) in [6.07, 6.45) is -0.775. The minimum absolute atomic E-state index is 0.0359. The molecule has 3 N–H and O–H groups in total. The Morgan fingerprint density at radius 3 is 2.21 bits per heavy atom. The van der Waals surface area contributed by atoms with Crippen LogP contribution in [0.15, 0.2) is 60.7 Å². The van der Waals surface area contributed by atoms with Crippen LogP contribution in [0.5, 0.6) is 0 Å². The minimum Gasteiger partial charge on any atom is -0.444 e. The van der Waals surface area contributed by atoms with Gasteiger partial charge in [0.2, 0.25) is 5.91 Å². The highest BCUT2D eigenvalue weighted by Crippen LogP contribution is 2.30. The van der Waals surface area contributed by atoms with Crippen molar-refractivity contribution in [1.29, 1.82) is 0 Å². The van der Waals surface area contributed by atoms with E-state index in [4.69, 9.17) is 4.74 Å². The average Bonchev–Trinajstić information content (AvgIpc) is 2.87. The van der Waals surface area contributed by atoms with Crippen molar-refractivity contribution in [3.8, 4) is 0 Å². The van der Waals surface area contributed by atoms with Crippen molar-refractivity contribution in [2.24, 2.45) is 0 Å². The van der Waals surface area contributed by atoms with Crippen molar-refractivity contribution < 1.29 is 24.2 Å². The number of amides is 3. The molecule has 0 aliphatic heterocycles. The molecule has 0 aromatic heterocycles. The van der Waals surface area contributed by atoms with Crippen LogP contribution >= 0.6 is 12.6 Å². The van der Waals surface area contributed by atoms with Crippen molar-refractivity contribution in [2.75, 3.05) is 24.2 Å². The molecule has 3 aromatic rings. The Bertz CT molecular complexity index is 1320. The minimum atomic E-state index is -1.09. The summed E-state index contributed by atoms with van der Waals surface area (Å²) < 4.78 is 5.32. The molecule has 2 unspecified atom stereocenters. The van der Waals surface area contributed by atoms with Crippen LogP contribution in [-0.2, 0) is 14.3 Å². The van der Waals surface area contributed by atoms with E-state index in [9.17, 15) is 19.5 Å². The number of rotatable bonds is 9. The fraction of sp³-hybridized carbons (Fsp3) is 0.367. The Morgan fingerprint density at radius 2 is 1.62 bits per heavy atom. The summed E-state index contributed by atoms with van der Waals surface area (Å²) in [5.41, 5.74) is 2.08. The molecular weight excluding hydrogens is 514 g/mol. The lowest BCUT2D eigenvalue weighted by Crippen LogP contribution is -2.54. The molecule has 9 heteroatoms. The summed E-state index contributed by atoms with van der Waals surface area (Å²) >= 11 is 4.29. The highest BCUT2D eigenvalue weighted by Gasteiger charge is 2.37. The number of alkyl carbamates (subject to hydrolysis) is 1. The predicted octanol–water partition coefficient (Wildman–Crippen LogP) is 4.78. The SMILES string of the molecule is Cc1cccc(C)c1C(C(=O)Nc1ccc2ccccc2c1)N(CCO)C(=O)C(CS)NC(=O)OC(C)(C)C. The van der Waals surface area contributed by atoms with E-state index in [1.54, 1.807) is 26.8 Å². The molecule has 3 aromatic carbocycles. The molecule has 0 saturated carbocycles. The first-order valence-electron chi connectivity index (χ1n) is 12.8. The molecule has 39 heavy (non-hydrogen) atoms. The number of benzene rings is 3. The van der Waals surface area contributed by atoms with Gasteiger partial charge in [0.05, 0.1) is 6.61 Å². The molecule has 0 fully saturated rings. The molecule has 0 bridgehead atoms. The quantitative estimate of drug-likeness (QED) is 0.286. The normalized spacial score (nSPS) is 12.9. The van der Waals surface area contributed by atoms with Crippen LogP contribution in [-0.4, -0.2) is 58.5 Å². The third-order valence-electron chi connectivity index (χ3n) is 6.19. The first kappa shape index (κ1) is 30.0. The number of ether oxygens (including phenoxy) is 1. The molecule has 8 nitrogen and oxygen atoms in total. The number of fused-ring (bicyclic) bond motifs is 1. The van der Waals surface area contributed by atoms with Gasteiger partial charge in [-0.05, 0) is 74.2 Å². The van der Waals surface area contributed by atoms with E-state index >= 15 is 0 Å². The smallest absolute Gasteiger partial charge is 0.408 e. The Kier molecular flexibility index (Phi) is 9.99. The van der Waals surface area contributed by atoms with E-state index in [0.717, 1.165) is 21.9 Å². The Morgan fingerprint density at radius 1 is 0.974 bits per heavy atom. The lowest BCUT2D eigenvalue weighted by atomic mass is 9.93. The molecule has 2 atom stereocenters. The second-order valence-electron chi connectivity index (χ2n) is 10.4. The van der Waals surface area contributed by atoms with Gasteiger partial charge in [0, 0.05) is 18.0 Å². The predicted molar refractivity (Wildman–Crippen MR) is 157 cm³/mol. The standard InChI is InChI=1S/C30H37N3O5S/c1-19-9-8-10-20(2)25(19)26(27(35)31-23-14-13-21-11-6-7-12-22(21)17-23)33(15-16-34)28(36)24(18-39)32-29(37)38-30(3,4)5/h6-14,17,24,26,34,39H,15-16,18H2,1-5H3,(H,31,35)(H,32,37). The molecule has 0 saturated heterocycles. The maximum absolute atomic E-state index is 14.0. The van der Waals surface area contributed by atoms with E-state index in [1.807, 2.05) is 68.4 Å². The van der Waals surface area contributed by atoms with Gasteiger partial charge in [-0.1, -0.05) is 48.5 Å². The van der Waals surface area contributed by atoms with Crippen LogP contribution in [0.4, 0.5) is 10.5 Å². The number of nitrogens with one attached hydrogen (secondary N) is 2. The molecule has 0 aliphatic carbocycles. The third-order valence-corrected chi connectivity index (χ3v) is 6.55. The highest BCUT2D eigenvalue weighted by molar-refractivity contribution is 7.80. The van der Waals surface area contributed by atoms with Crippen LogP contribution in [0.2, 0.25) is 0 Å². The molecule has 3 amide bonds. The number of aliphatic hydroxyl groups is 1.